The molecule has 1 heterocycles. The van der Waals surface area contributed by atoms with Gasteiger partial charge in [-0.2, -0.15) is 0 Å². The first-order valence-corrected chi connectivity index (χ1v) is 8.26. The van der Waals surface area contributed by atoms with Gasteiger partial charge in [0.05, 0.1) is 4.88 Å². The van der Waals surface area contributed by atoms with E-state index < -0.39 is 0 Å². The number of carbonyl (C=O) groups is 1. The summed E-state index contributed by atoms with van der Waals surface area (Å²) in [6, 6.07) is 8.62. The Morgan fingerprint density at radius 1 is 1.20 bits per heavy atom. The second-order valence-corrected chi connectivity index (χ2v) is 7.03. The molecule has 3 rings (SSSR count). The van der Waals surface area contributed by atoms with Crippen molar-refractivity contribution in [2.75, 3.05) is 0 Å². The van der Waals surface area contributed by atoms with Crippen LogP contribution in [0.5, 0.6) is 0 Å². The van der Waals surface area contributed by atoms with E-state index in [1.54, 1.807) is 11.3 Å². The van der Waals surface area contributed by atoms with E-state index in [2.05, 4.69) is 31.3 Å². The van der Waals surface area contributed by atoms with Gasteiger partial charge < -0.3 is 5.32 Å². The van der Waals surface area contributed by atoms with Crippen molar-refractivity contribution in [3.8, 4) is 0 Å². The van der Waals surface area contributed by atoms with Gasteiger partial charge in [0.15, 0.2) is 0 Å². The van der Waals surface area contributed by atoms with Gasteiger partial charge in [-0.15, -0.1) is 11.3 Å². The Labute approximate surface area is 124 Å². The lowest BCUT2D eigenvalue weighted by Gasteiger charge is -2.26. The summed E-state index contributed by atoms with van der Waals surface area (Å²) < 4.78 is 1.20. The highest BCUT2D eigenvalue weighted by Gasteiger charge is 2.22. The Morgan fingerprint density at radius 3 is 2.60 bits per heavy atom. The third kappa shape index (κ3) is 2.59. The minimum absolute atomic E-state index is 0.114. The Balaban J connectivity index is 1.77. The number of aryl methyl sites for hydroxylation is 1. The summed E-state index contributed by atoms with van der Waals surface area (Å²) in [6.07, 6.45) is 4.71. The van der Waals surface area contributed by atoms with Crippen LogP contribution in [-0.4, -0.2) is 11.9 Å². The van der Waals surface area contributed by atoms with E-state index in [9.17, 15) is 4.79 Å². The molecule has 2 aromatic rings. The molecule has 1 fully saturated rings. The Morgan fingerprint density at radius 2 is 1.90 bits per heavy atom. The van der Waals surface area contributed by atoms with Crippen molar-refractivity contribution < 1.29 is 4.79 Å². The molecule has 1 saturated carbocycles. The summed E-state index contributed by atoms with van der Waals surface area (Å²) >= 11 is 1.61. The van der Waals surface area contributed by atoms with E-state index in [1.165, 1.54) is 22.9 Å². The van der Waals surface area contributed by atoms with Gasteiger partial charge in [-0.3, -0.25) is 4.79 Å². The summed E-state index contributed by atoms with van der Waals surface area (Å²) in [5, 5.41) is 4.44. The number of nitrogens with one attached hydrogen (secondary N) is 1. The molecule has 0 bridgehead atoms. The molecule has 3 heteroatoms. The molecule has 0 aliphatic heterocycles. The number of benzene rings is 1. The fourth-order valence-corrected chi connectivity index (χ4v) is 4.16. The molecule has 1 aliphatic carbocycles. The SMILES string of the molecule is Cc1c(C(=O)NC2CCC(C)CC2)sc2ccccc12. The van der Waals surface area contributed by atoms with Gasteiger partial charge in [0, 0.05) is 10.7 Å². The summed E-state index contributed by atoms with van der Waals surface area (Å²) in [5.41, 5.74) is 1.12. The molecule has 1 N–H and O–H groups in total. The third-order valence-electron chi connectivity index (χ3n) is 4.40. The Kier molecular flexibility index (Phi) is 3.79. The van der Waals surface area contributed by atoms with Crippen LogP contribution in [0, 0.1) is 12.8 Å². The predicted octanol–water partition coefficient (Wildman–Crippen LogP) is 4.52. The molecule has 1 amide bonds. The number of fused-ring (bicyclic) bond motifs is 1. The van der Waals surface area contributed by atoms with Crippen LogP contribution in [0.2, 0.25) is 0 Å². The van der Waals surface area contributed by atoms with Crippen molar-refractivity contribution in [3.63, 3.8) is 0 Å². The van der Waals surface area contributed by atoms with Crippen LogP contribution in [0.1, 0.15) is 47.8 Å². The number of hydrogen-bond donors (Lipinski definition) is 1. The van der Waals surface area contributed by atoms with Gasteiger partial charge in [0.2, 0.25) is 0 Å². The maximum absolute atomic E-state index is 12.5. The van der Waals surface area contributed by atoms with E-state index in [4.69, 9.17) is 0 Å². The predicted molar refractivity (Wildman–Crippen MR) is 85.4 cm³/mol. The van der Waals surface area contributed by atoms with Crippen LogP contribution in [0.25, 0.3) is 10.1 Å². The molecule has 1 aromatic heterocycles. The van der Waals surface area contributed by atoms with Gasteiger partial charge >= 0.3 is 0 Å². The molecule has 0 spiro atoms. The molecule has 0 saturated heterocycles. The topological polar surface area (TPSA) is 29.1 Å². The van der Waals surface area contributed by atoms with E-state index in [-0.39, 0.29) is 5.91 Å². The second kappa shape index (κ2) is 5.57. The van der Waals surface area contributed by atoms with E-state index in [0.29, 0.717) is 6.04 Å². The Hall–Kier alpha value is -1.35. The molecular weight excluding hydrogens is 266 g/mol. The van der Waals surface area contributed by atoms with Crippen molar-refractivity contribution in [2.24, 2.45) is 5.92 Å². The van der Waals surface area contributed by atoms with Crippen LogP contribution >= 0.6 is 11.3 Å². The number of amides is 1. The fraction of sp³-hybridized carbons (Fsp3) is 0.471. The molecule has 1 aliphatic rings. The van der Waals surface area contributed by atoms with Gasteiger partial charge in [-0.05, 0) is 55.5 Å². The average molecular weight is 287 g/mol. The van der Waals surface area contributed by atoms with Gasteiger partial charge in [-0.25, -0.2) is 0 Å². The van der Waals surface area contributed by atoms with Crippen LogP contribution in [0.15, 0.2) is 24.3 Å². The average Bonchev–Trinajstić information content (AvgIpc) is 2.79. The maximum Gasteiger partial charge on any atom is 0.261 e. The smallest absolute Gasteiger partial charge is 0.261 e. The lowest BCUT2D eigenvalue weighted by atomic mass is 9.87. The summed E-state index contributed by atoms with van der Waals surface area (Å²) in [6.45, 7) is 4.35. The lowest BCUT2D eigenvalue weighted by Crippen LogP contribution is -2.37. The van der Waals surface area contributed by atoms with Crippen molar-refractivity contribution in [3.05, 3.63) is 34.7 Å². The van der Waals surface area contributed by atoms with Crippen molar-refractivity contribution >= 4 is 27.3 Å². The highest BCUT2D eigenvalue weighted by Crippen LogP contribution is 2.31. The largest absolute Gasteiger partial charge is 0.349 e. The first kappa shape index (κ1) is 13.6. The van der Waals surface area contributed by atoms with E-state index in [1.807, 2.05) is 12.1 Å². The lowest BCUT2D eigenvalue weighted by molar-refractivity contribution is 0.0926. The molecule has 0 radical (unpaired) electrons. The molecule has 106 valence electrons. The normalized spacial score (nSPS) is 22.9. The first-order valence-electron chi connectivity index (χ1n) is 7.44. The highest BCUT2D eigenvalue weighted by molar-refractivity contribution is 7.21. The zero-order chi connectivity index (χ0) is 14.1. The van der Waals surface area contributed by atoms with Crippen LogP contribution in [0.3, 0.4) is 0 Å². The van der Waals surface area contributed by atoms with Gasteiger partial charge in [0.1, 0.15) is 0 Å². The number of hydrogen-bond acceptors (Lipinski definition) is 2. The fourth-order valence-electron chi connectivity index (χ4n) is 3.05. The summed E-state index contributed by atoms with van der Waals surface area (Å²) in [5.74, 6) is 0.928. The molecular formula is C17H21NOS. The number of thiophene rings is 1. The minimum Gasteiger partial charge on any atom is -0.349 e. The number of carbonyl (C=O) groups excluding carboxylic acids is 1. The van der Waals surface area contributed by atoms with Gasteiger partial charge in [-0.1, -0.05) is 25.1 Å². The zero-order valence-electron chi connectivity index (χ0n) is 12.1. The molecule has 20 heavy (non-hydrogen) atoms. The van der Waals surface area contributed by atoms with Crippen LogP contribution < -0.4 is 5.32 Å². The first-order chi connectivity index (χ1) is 9.65. The van der Waals surface area contributed by atoms with E-state index >= 15 is 0 Å². The van der Waals surface area contributed by atoms with Crippen molar-refractivity contribution in [1.29, 1.82) is 0 Å². The van der Waals surface area contributed by atoms with Crippen molar-refractivity contribution in [1.82, 2.24) is 5.32 Å². The summed E-state index contributed by atoms with van der Waals surface area (Å²) in [4.78, 5) is 13.4. The molecule has 1 aromatic carbocycles. The summed E-state index contributed by atoms with van der Waals surface area (Å²) in [7, 11) is 0. The molecule has 0 unspecified atom stereocenters. The highest BCUT2D eigenvalue weighted by atomic mass is 32.1. The minimum atomic E-state index is 0.114. The number of rotatable bonds is 2. The zero-order valence-corrected chi connectivity index (χ0v) is 12.9. The monoisotopic (exact) mass is 287 g/mol. The third-order valence-corrected chi connectivity index (χ3v) is 5.67. The Bertz CT molecular complexity index is 623. The van der Waals surface area contributed by atoms with Crippen LogP contribution in [-0.2, 0) is 0 Å². The van der Waals surface area contributed by atoms with Gasteiger partial charge in [0.25, 0.3) is 5.91 Å². The van der Waals surface area contributed by atoms with Crippen molar-refractivity contribution in [2.45, 2.75) is 45.6 Å². The standard InChI is InChI=1S/C17H21NOS/c1-11-7-9-13(10-8-11)18-17(19)16-12(2)14-5-3-4-6-15(14)20-16/h3-6,11,13H,7-10H2,1-2H3,(H,18,19). The van der Waals surface area contributed by atoms with Crippen LogP contribution in [0.4, 0.5) is 0 Å². The van der Waals surface area contributed by atoms with E-state index in [0.717, 1.165) is 29.2 Å². The quantitative estimate of drug-likeness (QED) is 0.864. The molecule has 0 atom stereocenters. The second-order valence-electron chi connectivity index (χ2n) is 5.98. The molecule has 2 nitrogen and oxygen atoms in total. The maximum atomic E-state index is 12.5.